The maximum Gasteiger partial charge on any atom is 0.341 e. The Bertz CT molecular complexity index is 661. The maximum atomic E-state index is 13.8. The highest BCUT2D eigenvalue weighted by molar-refractivity contribution is 14.1. The molecule has 23 heavy (non-hydrogen) atoms. The molecule has 0 fully saturated rings. The van der Waals surface area contributed by atoms with Crippen molar-refractivity contribution in [3.05, 3.63) is 44.7 Å². The third-order valence-electron chi connectivity index (χ3n) is 3.37. The van der Waals surface area contributed by atoms with Crippen LogP contribution in [0.15, 0.2) is 23.9 Å². The molecule has 0 radical (unpaired) electrons. The number of benzene rings is 1. The minimum absolute atomic E-state index is 0.0199. The lowest BCUT2D eigenvalue weighted by molar-refractivity contribution is -0.133. The molecule has 5 nitrogen and oxygen atoms in total. The minimum Gasteiger partial charge on any atom is -0.477 e. The van der Waals surface area contributed by atoms with E-state index in [1.807, 2.05) is 0 Å². The normalized spacial score (nSPS) is 13.1. The van der Waals surface area contributed by atoms with Gasteiger partial charge in [-0.05, 0) is 41.5 Å². The zero-order valence-electron chi connectivity index (χ0n) is 12.7. The van der Waals surface area contributed by atoms with Crippen LogP contribution in [0.5, 0.6) is 0 Å². The molecule has 126 valence electrons. The number of aliphatic carboxylic acids is 1. The average molecular weight is 439 g/mol. The number of ketones is 1. The van der Waals surface area contributed by atoms with Crippen LogP contribution in [0.3, 0.4) is 0 Å². The molecule has 0 amide bonds. The largest absolute Gasteiger partial charge is 0.477 e. The van der Waals surface area contributed by atoms with Gasteiger partial charge in [-0.15, -0.1) is 0 Å². The fraction of sp³-hybridized carbons (Fsp3) is 0.333. The van der Waals surface area contributed by atoms with Gasteiger partial charge in [0.25, 0.3) is 0 Å². The molecule has 0 bridgehead atoms. The van der Waals surface area contributed by atoms with Crippen LogP contribution in [0.4, 0.5) is 8.78 Å². The van der Waals surface area contributed by atoms with Gasteiger partial charge in [-0.25, -0.2) is 13.6 Å². The summed E-state index contributed by atoms with van der Waals surface area (Å²) in [6.45, 7) is 5.23. The molecular formula is C15H16F2INO4. The van der Waals surface area contributed by atoms with Crippen LogP contribution in [-0.2, 0) is 4.79 Å². The molecule has 1 unspecified atom stereocenters. The third kappa shape index (κ3) is 4.71. The summed E-state index contributed by atoms with van der Waals surface area (Å²) in [6.07, 6.45) is 0.741. The van der Waals surface area contributed by atoms with Crippen LogP contribution in [-0.4, -0.2) is 33.2 Å². The quantitative estimate of drug-likeness (QED) is 0.135. The molecule has 1 atom stereocenters. The molecule has 0 spiro atoms. The lowest BCUT2D eigenvalue weighted by Gasteiger charge is -2.24. The summed E-state index contributed by atoms with van der Waals surface area (Å²) in [5.41, 5.74) is -1.39. The number of hydrogen-bond acceptors (Lipinski definition) is 4. The van der Waals surface area contributed by atoms with Crippen molar-refractivity contribution >= 4 is 34.3 Å². The van der Waals surface area contributed by atoms with Crippen molar-refractivity contribution in [2.75, 3.05) is 0 Å². The first-order valence-corrected chi connectivity index (χ1v) is 7.75. The van der Waals surface area contributed by atoms with Gasteiger partial charge in [0.15, 0.2) is 0 Å². The highest BCUT2D eigenvalue weighted by Crippen LogP contribution is 2.20. The van der Waals surface area contributed by atoms with Crippen molar-refractivity contribution in [3.8, 4) is 0 Å². The molecule has 0 aliphatic carbocycles. The average Bonchev–Trinajstić information content (AvgIpc) is 2.46. The number of carbonyl (C=O) groups excluding carboxylic acids is 1. The molecule has 0 aromatic heterocycles. The topological polar surface area (TPSA) is 77.8 Å². The summed E-state index contributed by atoms with van der Waals surface area (Å²) in [6, 6.07) is 0.982. The number of hydrogen-bond donors (Lipinski definition) is 2. The Hall–Kier alpha value is -1.55. The standard InChI is InChI=1S/C15H16F2INO4/c1-7(2)8(3)19(23)6-10(15(21)22)14(20)9-4-13(18)12(17)5-11(9)16/h4-8,23H,1-3H3,(H,21,22). The minimum atomic E-state index is -1.62. The summed E-state index contributed by atoms with van der Waals surface area (Å²) in [5, 5.41) is 19.6. The summed E-state index contributed by atoms with van der Waals surface area (Å²) in [4.78, 5) is 23.5. The van der Waals surface area contributed by atoms with Gasteiger partial charge in [0.05, 0.1) is 11.6 Å². The van der Waals surface area contributed by atoms with E-state index in [4.69, 9.17) is 5.11 Å². The molecule has 0 heterocycles. The number of Topliss-reactive ketones (excluding diaryl/α,β-unsaturated/α-hetero) is 1. The smallest absolute Gasteiger partial charge is 0.341 e. The Balaban J connectivity index is 3.29. The highest BCUT2D eigenvalue weighted by Gasteiger charge is 2.25. The molecule has 0 saturated heterocycles. The van der Waals surface area contributed by atoms with Crippen LogP contribution in [0.2, 0.25) is 0 Å². The van der Waals surface area contributed by atoms with Crippen molar-refractivity contribution < 1.29 is 28.7 Å². The lowest BCUT2D eigenvalue weighted by atomic mass is 10.0. The third-order valence-corrected chi connectivity index (χ3v) is 4.20. The first-order chi connectivity index (χ1) is 10.6. The Kier molecular flexibility index (Phi) is 6.63. The molecular weight excluding hydrogens is 423 g/mol. The van der Waals surface area contributed by atoms with Crippen LogP contribution >= 0.6 is 22.6 Å². The number of rotatable bonds is 6. The number of halogens is 3. The summed E-state index contributed by atoms with van der Waals surface area (Å²) < 4.78 is 27.0. The number of nitrogens with zero attached hydrogens (tertiary/aromatic N) is 1. The molecule has 1 rings (SSSR count). The van der Waals surface area contributed by atoms with Crippen molar-refractivity contribution in [3.63, 3.8) is 0 Å². The second-order valence-electron chi connectivity index (χ2n) is 5.29. The van der Waals surface area contributed by atoms with Gasteiger partial charge in [-0.3, -0.25) is 15.1 Å². The second kappa shape index (κ2) is 7.82. The van der Waals surface area contributed by atoms with Gasteiger partial charge in [-0.2, -0.15) is 0 Å². The van der Waals surface area contributed by atoms with Crippen molar-refractivity contribution in [1.82, 2.24) is 5.06 Å². The van der Waals surface area contributed by atoms with Crippen LogP contribution in [0.1, 0.15) is 31.1 Å². The van der Waals surface area contributed by atoms with E-state index in [2.05, 4.69) is 0 Å². The first kappa shape index (κ1) is 19.5. The molecule has 2 N–H and O–H groups in total. The van der Waals surface area contributed by atoms with E-state index in [1.165, 1.54) is 0 Å². The Morgan fingerprint density at radius 3 is 2.26 bits per heavy atom. The molecule has 0 saturated carbocycles. The van der Waals surface area contributed by atoms with Gasteiger partial charge in [0.1, 0.15) is 17.2 Å². The number of carboxylic acid groups (broad SMARTS) is 1. The fourth-order valence-corrected chi connectivity index (χ4v) is 2.08. The molecule has 1 aromatic carbocycles. The van der Waals surface area contributed by atoms with Crippen molar-refractivity contribution in [2.24, 2.45) is 5.92 Å². The Morgan fingerprint density at radius 2 is 1.78 bits per heavy atom. The van der Waals surface area contributed by atoms with Crippen molar-refractivity contribution in [1.29, 1.82) is 0 Å². The van der Waals surface area contributed by atoms with E-state index in [0.717, 1.165) is 12.3 Å². The number of carboxylic acids is 1. The predicted molar refractivity (Wildman–Crippen MR) is 87.0 cm³/mol. The summed E-state index contributed by atoms with van der Waals surface area (Å²) in [7, 11) is 0. The van der Waals surface area contributed by atoms with Gasteiger partial charge in [0, 0.05) is 15.8 Å². The molecule has 0 aliphatic rings. The fourth-order valence-electron chi connectivity index (χ4n) is 1.61. The Labute approximate surface area is 145 Å². The second-order valence-corrected chi connectivity index (χ2v) is 6.45. The van der Waals surface area contributed by atoms with Crippen LogP contribution in [0.25, 0.3) is 0 Å². The lowest BCUT2D eigenvalue weighted by Crippen LogP contribution is -2.31. The van der Waals surface area contributed by atoms with Gasteiger partial charge in [0.2, 0.25) is 5.78 Å². The van der Waals surface area contributed by atoms with E-state index in [9.17, 15) is 23.6 Å². The Morgan fingerprint density at radius 1 is 1.22 bits per heavy atom. The zero-order valence-corrected chi connectivity index (χ0v) is 14.8. The molecule has 0 aliphatic heterocycles. The summed E-state index contributed by atoms with van der Waals surface area (Å²) in [5.74, 6) is -4.81. The van der Waals surface area contributed by atoms with Crippen LogP contribution < -0.4 is 0 Å². The zero-order chi connectivity index (χ0) is 17.9. The van der Waals surface area contributed by atoms with E-state index in [0.29, 0.717) is 11.1 Å². The van der Waals surface area contributed by atoms with Gasteiger partial charge in [-0.1, -0.05) is 13.8 Å². The summed E-state index contributed by atoms with van der Waals surface area (Å²) >= 11 is 1.56. The van der Waals surface area contributed by atoms with E-state index < -0.39 is 40.6 Å². The van der Waals surface area contributed by atoms with Gasteiger partial charge < -0.3 is 5.11 Å². The highest BCUT2D eigenvalue weighted by atomic mass is 127. The van der Waals surface area contributed by atoms with E-state index >= 15 is 0 Å². The predicted octanol–water partition coefficient (Wildman–Crippen LogP) is 3.46. The number of carbonyl (C=O) groups is 2. The maximum absolute atomic E-state index is 13.8. The molecule has 1 aromatic rings. The molecule has 8 heteroatoms. The number of hydroxylamine groups is 2. The van der Waals surface area contributed by atoms with E-state index in [-0.39, 0.29) is 9.49 Å². The van der Waals surface area contributed by atoms with E-state index in [1.54, 1.807) is 43.4 Å². The van der Waals surface area contributed by atoms with Crippen LogP contribution in [0, 0.1) is 21.1 Å². The first-order valence-electron chi connectivity index (χ1n) is 6.67. The van der Waals surface area contributed by atoms with Gasteiger partial charge >= 0.3 is 5.97 Å². The SMILES string of the molecule is CC(C)C(C)N(O)C=C(C(=O)O)C(=O)c1cc(I)c(F)cc1F. The monoisotopic (exact) mass is 439 g/mol. The van der Waals surface area contributed by atoms with Crippen molar-refractivity contribution in [2.45, 2.75) is 26.8 Å².